The number of hydrogen-bond acceptors (Lipinski definition) is 4. The molecule has 1 N–H and O–H groups in total. The summed E-state index contributed by atoms with van der Waals surface area (Å²) < 4.78 is 5.59. The number of carbonyl (C=O) groups is 1. The first-order valence-electron chi connectivity index (χ1n) is 4.83. The minimum absolute atomic E-state index is 0.158. The highest BCUT2D eigenvalue weighted by atomic mass is 35.5. The van der Waals surface area contributed by atoms with E-state index in [9.17, 15) is 4.79 Å². The van der Waals surface area contributed by atoms with E-state index >= 15 is 0 Å². The fraction of sp³-hybridized carbons (Fsp3) is 0.500. The van der Waals surface area contributed by atoms with Gasteiger partial charge in [0.2, 0.25) is 0 Å². The maximum absolute atomic E-state index is 11.0. The third kappa shape index (κ3) is 5.16. The van der Waals surface area contributed by atoms with Gasteiger partial charge in [-0.05, 0) is 19.1 Å². The van der Waals surface area contributed by atoms with Crippen molar-refractivity contribution in [2.75, 3.05) is 13.2 Å². The first kappa shape index (κ1) is 12.5. The second kappa shape index (κ2) is 6.82. The standard InChI is InChI=1S/C10H14ClNO2S/c1-2-14-10(13)5-6-12-7-8-3-4-9(11)15-8/h3-4,12H,2,5-7H2,1H3. The van der Waals surface area contributed by atoms with Crippen LogP contribution in [0.5, 0.6) is 0 Å². The second-order valence-electron chi connectivity index (χ2n) is 2.94. The number of esters is 1. The van der Waals surface area contributed by atoms with Crippen molar-refractivity contribution < 1.29 is 9.53 Å². The van der Waals surface area contributed by atoms with Crippen LogP contribution in [0.1, 0.15) is 18.2 Å². The van der Waals surface area contributed by atoms with E-state index < -0.39 is 0 Å². The van der Waals surface area contributed by atoms with Crippen molar-refractivity contribution in [2.45, 2.75) is 19.9 Å². The molecule has 1 heterocycles. The molecular weight excluding hydrogens is 234 g/mol. The SMILES string of the molecule is CCOC(=O)CCNCc1ccc(Cl)s1. The maximum atomic E-state index is 11.0. The summed E-state index contributed by atoms with van der Waals surface area (Å²) in [5, 5.41) is 3.16. The van der Waals surface area contributed by atoms with Gasteiger partial charge >= 0.3 is 5.97 Å². The Bertz CT molecular complexity index is 314. The van der Waals surface area contributed by atoms with Crippen LogP contribution in [0.3, 0.4) is 0 Å². The Kier molecular flexibility index (Phi) is 5.68. The molecule has 1 rings (SSSR count). The predicted octanol–water partition coefficient (Wildman–Crippen LogP) is 2.44. The Labute approximate surface area is 98.4 Å². The number of halogens is 1. The number of thiophene rings is 1. The number of nitrogens with one attached hydrogen (secondary N) is 1. The fourth-order valence-electron chi connectivity index (χ4n) is 1.08. The van der Waals surface area contributed by atoms with Crippen LogP contribution in [0, 0.1) is 0 Å². The molecule has 0 atom stereocenters. The summed E-state index contributed by atoms with van der Waals surface area (Å²) in [7, 11) is 0. The summed E-state index contributed by atoms with van der Waals surface area (Å²) in [6.07, 6.45) is 0.410. The Morgan fingerprint density at radius 3 is 3.00 bits per heavy atom. The van der Waals surface area contributed by atoms with Gasteiger partial charge in [0, 0.05) is 18.0 Å². The minimum atomic E-state index is -0.158. The van der Waals surface area contributed by atoms with Crippen molar-refractivity contribution in [1.29, 1.82) is 0 Å². The molecule has 0 aromatic carbocycles. The number of rotatable bonds is 6. The summed E-state index contributed by atoms with van der Waals surface area (Å²) in [5.41, 5.74) is 0. The van der Waals surface area contributed by atoms with Gasteiger partial charge in [-0.1, -0.05) is 11.6 Å². The summed E-state index contributed by atoms with van der Waals surface area (Å²) in [6, 6.07) is 3.85. The Hall–Kier alpha value is -0.580. The largest absolute Gasteiger partial charge is 0.466 e. The van der Waals surface area contributed by atoms with Crippen molar-refractivity contribution in [1.82, 2.24) is 5.32 Å². The molecule has 15 heavy (non-hydrogen) atoms. The molecule has 0 spiro atoms. The van der Waals surface area contributed by atoms with Crippen molar-refractivity contribution in [2.24, 2.45) is 0 Å². The monoisotopic (exact) mass is 247 g/mol. The second-order valence-corrected chi connectivity index (χ2v) is 4.74. The fourth-order valence-corrected chi connectivity index (χ4v) is 2.14. The van der Waals surface area contributed by atoms with E-state index in [0.717, 1.165) is 10.9 Å². The van der Waals surface area contributed by atoms with Crippen molar-refractivity contribution in [3.63, 3.8) is 0 Å². The van der Waals surface area contributed by atoms with E-state index in [1.54, 1.807) is 18.3 Å². The van der Waals surface area contributed by atoms with Crippen LogP contribution in [-0.4, -0.2) is 19.1 Å². The van der Waals surface area contributed by atoms with Crippen LogP contribution >= 0.6 is 22.9 Å². The molecule has 0 aliphatic rings. The third-order valence-electron chi connectivity index (χ3n) is 1.74. The van der Waals surface area contributed by atoms with E-state index in [1.807, 2.05) is 12.1 Å². The van der Waals surface area contributed by atoms with Gasteiger partial charge in [0.1, 0.15) is 0 Å². The Morgan fingerprint density at radius 2 is 2.40 bits per heavy atom. The van der Waals surface area contributed by atoms with Gasteiger partial charge in [0.05, 0.1) is 17.4 Å². The lowest BCUT2D eigenvalue weighted by atomic mass is 10.4. The summed E-state index contributed by atoms with van der Waals surface area (Å²) in [5.74, 6) is -0.158. The van der Waals surface area contributed by atoms with E-state index in [4.69, 9.17) is 16.3 Å². The lowest BCUT2D eigenvalue weighted by molar-refractivity contribution is -0.142. The zero-order chi connectivity index (χ0) is 11.1. The molecule has 5 heteroatoms. The minimum Gasteiger partial charge on any atom is -0.466 e. The van der Waals surface area contributed by atoms with Gasteiger partial charge < -0.3 is 10.1 Å². The van der Waals surface area contributed by atoms with Crippen LogP contribution in [0.4, 0.5) is 0 Å². The molecule has 0 radical (unpaired) electrons. The van der Waals surface area contributed by atoms with E-state index in [2.05, 4.69) is 5.32 Å². The van der Waals surface area contributed by atoms with Crippen LogP contribution < -0.4 is 5.32 Å². The first-order chi connectivity index (χ1) is 7.22. The molecule has 1 aromatic heterocycles. The molecule has 3 nitrogen and oxygen atoms in total. The van der Waals surface area contributed by atoms with E-state index in [-0.39, 0.29) is 5.97 Å². The molecule has 0 bridgehead atoms. The van der Waals surface area contributed by atoms with Gasteiger partial charge in [-0.15, -0.1) is 11.3 Å². The van der Waals surface area contributed by atoms with Crippen molar-refractivity contribution >= 4 is 28.9 Å². The van der Waals surface area contributed by atoms with Crippen LogP contribution in [0.25, 0.3) is 0 Å². The van der Waals surface area contributed by atoms with Crippen LogP contribution in [0.2, 0.25) is 4.34 Å². The lowest BCUT2D eigenvalue weighted by Gasteiger charge is -2.02. The van der Waals surface area contributed by atoms with Crippen LogP contribution in [0.15, 0.2) is 12.1 Å². The molecule has 0 fully saturated rings. The highest BCUT2D eigenvalue weighted by molar-refractivity contribution is 7.16. The quantitative estimate of drug-likeness (QED) is 0.620. The lowest BCUT2D eigenvalue weighted by Crippen LogP contribution is -2.18. The van der Waals surface area contributed by atoms with Gasteiger partial charge in [0.25, 0.3) is 0 Å². The molecule has 1 aromatic rings. The van der Waals surface area contributed by atoms with Crippen molar-refractivity contribution in [3.05, 3.63) is 21.3 Å². The third-order valence-corrected chi connectivity index (χ3v) is 2.97. The number of ether oxygens (including phenoxy) is 1. The van der Waals surface area contributed by atoms with E-state index in [0.29, 0.717) is 19.6 Å². The highest BCUT2D eigenvalue weighted by Crippen LogP contribution is 2.20. The summed E-state index contributed by atoms with van der Waals surface area (Å²) in [6.45, 7) is 3.63. The zero-order valence-corrected chi connectivity index (χ0v) is 10.2. The van der Waals surface area contributed by atoms with Crippen LogP contribution in [-0.2, 0) is 16.1 Å². The molecule has 84 valence electrons. The number of carbonyl (C=O) groups excluding carboxylic acids is 1. The summed E-state index contributed by atoms with van der Waals surface area (Å²) in [4.78, 5) is 12.1. The molecule has 0 amide bonds. The Morgan fingerprint density at radius 1 is 1.60 bits per heavy atom. The first-order valence-corrected chi connectivity index (χ1v) is 6.02. The highest BCUT2D eigenvalue weighted by Gasteiger charge is 2.01. The smallest absolute Gasteiger partial charge is 0.307 e. The zero-order valence-electron chi connectivity index (χ0n) is 8.59. The normalized spacial score (nSPS) is 10.3. The predicted molar refractivity (Wildman–Crippen MR) is 62.3 cm³/mol. The van der Waals surface area contributed by atoms with Gasteiger partial charge in [-0.2, -0.15) is 0 Å². The average Bonchev–Trinajstić information content (AvgIpc) is 2.60. The summed E-state index contributed by atoms with van der Waals surface area (Å²) >= 11 is 7.33. The van der Waals surface area contributed by atoms with Gasteiger partial charge in [-0.3, -0.25) is 4.79 Å². The van der Waals surface area contributed by atoms with Crippen molar-refractivity contribution in [3.8, 4) is 0 Å². The molecule has 0 unspecified atom stereocenters. The topological polar surface area (TPSA) is 38.3 Å². The molecule has 0 aliphatic heterocycles. The van der Waals surface area contributed by atoms with Gasteiger partial charge in [0.15, 0.2) is 0 Å². The number of hydrogen-bond donors (Lipinski definition) is 1. The molecule has 0 aliphatic carbocycles. The molecule has 0 saturated carbocycles. The maximum Gasteiger partial charge on any atom is 0.307 e. The van der Waals surface area contributed by atoms with Gasteiger partial charge in [-0.25, -0.2) is 0 Å². The average molecular weight is 248 g/mol. The molecule has 0 saturated heterocycles. The van der Waals surface area contributed by atoms with E-state index in [1.165, 1.54) is 4.88 Å². The molecular formula is C10H14ClNO2S. The Balaban J connectivity index is 2.09.